The van der Waals surface area contributed by atoms with E-state index in [9.17, 15) is 4.79 Å². The first-order valence-electron chi connectivity index (χ1n) is 10.4. The van der Waals surface area contributed by atoms with Crippen LogP contribution in [0.5, 0.6) is 0 Å². The SMILES string of the molecule is CC(=O)NC1(C(c2ccccc2)(c2ccccc2)c2ccccc2)C2CNCC21. The molecule has 0 bridgehead atoms. The van der Waals surface area contributed by atoms with Gasteiger partial charge in [0.1, 0.15) is 0 Å². The van der Waals surface area contributed by atoms with Crippen LogP contribution in [0.3, 0.4) is 0 Å². The van der Waals surface area contributed by atoms with Gasteiger partial charge in [0.2, 0.25) is 5.91 Å². The lowest BCUT2D eigenvalue weighted by Crippen LogP contribution is -2.58. The van der Waals surface area contributed by atoms with Gasteiger partial charge in [-0.15, -0.1) is 0 Å². The van der Waals surface area contributed by atoms with Crippen LogP contribution in [0, 0.1) is 11.8 Å². The summed E-state index contributed by atoms with van der Waals surface area (Å²) in [5, 5.41) is 7.01. The molecule has 2 aliphatic rings. The average Bonchev–Trinajstić information content (AvgIpc) is 3.12. The maximum atomic E-state index is 12.5. The van der Waals surface area contributed by atoms with Gasteiger partial charge in [0.05, 0.1) is 11.0 Å². The van der Waals surface area contributed by atoms with Crippen LogP contribution in [0.15, 0.2) is 91.0 Å². The van der Waals surface area contributed by atoms with Gasteiger partial charge in [-0.1, -0.05) is 91.0 Å². The van der Waals surface area contributed by atoms with Gasteiger partial charge in [-0.05, 0) is 16.7 Å². The van der Waals surface area contributed by atoms with E-state index in [0.717, 1.165) is 13.1 Å². The van der Waals surface area contributed by atoms with Gasteiger partial charge in [-0.3, -0.25) is 4.79 Å². The van der Waals surface area contributed by atoms with Crippen molar-refractivity contribution >= 4 is 5.91 Å². The molecule has 2 unspecified atom stereocenters. The van der Waals surface area contributed by atoms with Gasteiger partial charge in [0.15, 0.2) is 0 Å². The number of carbonyl (C=O) groups is 1. The second-order valence-electron chi connectivity index (χ2n) is 8.27. The third-order valence-corrected chi connectivity index (χ3v) is 6.90. The maximum absolute atomic E-state index is 12.5. The van der Waals surface area contributed by atoms with Crippen molar-refractivity contribution in [3.05, 3.63) is 108 Å². The molecule has 2 fully saturated rings. The molecule has 2 N–H and O–H groups in total. The molecule has 3 aromatic carbocycles. The molecule has 1 amide bonds. The van der Waals surface area contributed by atoms with Crippen molar-refractivity contribution in [1.29, 1.82) is 0 Å². The number of piperidine rings is 1. The molecule has 146 valence electrons. The van der Waals surface area contributed by atoms with Crippen LogP contribution < -0.4 is 10.6 Å². The summed E-state index contributed by atoms with van der Waals surface area (Å²) in [5.41, 5.74) is 2.86. The number of benzene rings is 3. The molecular formula is C26H26N2O. The van der Waals surface area contributed by atoms with E-state index in [1.165, 1.54) is 16.7 Å². The van der Waals surface area contributed by atoms with Gasteiger partial charge < -0.3 is 10.6 Å². The van der Waals surface area contributed by atoms with Crippen molar-refractivity contribution in [2.24, 2.45) is 11.8 Å². The molecule has 2 atom stereocenters. The third-order valence-electron chi connectivity index (χ3n) is 6.90. The zero-order valence-electron chi connectivity index (χ0n) is 16.6. The standard InChI is InChI=1S/C26H26N2O/c1-19(29)28-26(23-17-27-18-24(23)26)25(20-11-5-2-6-12-20,21-13-7-3-8-14-21)22-15-9-4-10-16-22/h2-16,23-24,27H,17-18H2,1H3,(H,28,29). The van der Waals surface area contributed by atoms with E-state index in [1.54, 1.807) is 6.92 Å². The zero-order valence-corrected chi connectivity index (χ0v) is 16.6. The van der Waals surface area contributed by atoms with E-state index in [2.05, 4.69) is 102 Å². The van der Waals surface area contributed by atoms with E-state index in [-0.39, 0.29) is 11.4 Å². The first-order chi connectivity index (χ1) is 14.2. The van der Waals surface area contributed by atoms with E-state index in [0.29, 0.717) is 11.8 Å². The summed E-state index contributed by atoms with van der Waals surface area (Å²) in [7, 11) is 0. The minimum Gasteiger partial charge on any atom is -0.349 e. The first kappa shape index (κ1) is 18.1. The molecule has 29 heavy (non-hydrogen) atoms. The van der Waals surface area contributed by atoms with E-state index >= 15 is 0 Å². The molecule has 3 nitrogen and oxygen atoms in total. The summed E-state index contributed by atoms with van der Waals surface area (Å²) < 4.78 is 0. The Morgan fingerprint density at radius 3 is 1.52 bits per heavy atom. The van der Waals surface area contributed by atoms with Crippen LogP contribution >= 0.6 is 0 Å². The Balaban J connectivity index is 1.87. The molecule has 1 heterocycles. The first-order valence-corrected chi connectivity index (χ1v) is 10.4. The molecule has 0 aromatic heterocycles. The van der Waals surface area contributed by atoms with Gasteiger partial charge in [-0.2, -0.15) is 0 Å². The Morgan fingerprint density at radius 2 is 1.17 bits per heavy atom. The monoisotopic (exact) mass is 382 g/mol. The number of nitrogens with one attached hydrogen (secondary N) is 2. The molecular weight excluding hydrogens is 356 g/mol. The van der Waals surface area contributed by atoms with Gasteiger partial charge in [-0.25, -0.2) is 0 Å². The predicted octanol–water partition coefficient (Wildman–Crippen LogP) is 3.75. The number of amides is 1. The predicted molar refractivity (Wildman–Crippen MR) is 116 cm³/mol. The Kier molecular flexibility index (Phi) is 4.29. The molecule has 0 radical (unpaired) electrons. The Labute approximate surface area is 172 Å². The molecule has 1 aliphatic carbocycles. The number of rotatable bonds is 5. The van der Waals surface area contributed by atoms with Crippen LogP contribution in [-0.4, -0.2) is 24.5 Å². The van der Waals surface area contributed by atoms with Gasteiger partial charge in [0.25, 0.3) is 0 Å². The average molecular weight is 383 g/mol. The minimum atomic E-state index is -0.458. The fourth-order valence-electron chi connectivity index (χ4n) is 5.95. The fraction of sp³-hybridized carbons (Fsp3) is 0.269. The van der Waals surface area contributed by atoms with Gasteiger partial charge in [0, 0.05) is 31.8 Å². The summed E-state index contributed by atoms with van der Waals surface area (Å²) in [6.45, 7) is 3.51. The van der Waals surface area contributed by atoms with Crippen LogP contribution in [0.1, 0.15) is 23.6 Å². The second-order valence-corrected chi connectivity index (χ2v) is 8.27. The molecule has 3 heteroatoms. The Morgan fingerprint density at radius 1 is 0.793 bits per heavy atom. The van der Waals surface area contributed by atoms with Crippen molar-refractivity contribution in [2.75, 3.05) is 13.1 Å². The molecule has 1 aliphatic heterocycles. The van der Waals surface area contributed by atoms with Crippen molar-refractivity contribution in [3.63, 3.8) is 0 Å². The van der Waals surface area contributed by atoms with Crippen molar-refractivity contribution < 1.29 is 4.79 Å². The topological polar surface area (TPSA) is 41.1 Å². The van der Waals surface area contributed by atoms with Crippen LogP contribution in [0.4, 0.5) is 0 Å². The highest BCUT2D eigenvalue weighted by molar-refractivity contribution is 5.77. The van der Waals surface area contributed by atoms with Crippen molar-refractivity contribution in [3.8, 4) is 0 Å². The summed E-state index contributed by atoms with van der Waals surface area (Å²) in [4.78, 5) is 12.5. The Bertz CT molecular complexity index is 894. The minimum absolute atomic E-state index is 0.0339. The fourth-order valence-corrected chi connectivity index (χ4v) is 5.95. The lowest BCUT2D eigenvalue weighted by Gasteiger charge is -2.46. The smallest absolute Gasteiger partial charge is 0.217 e. The van der Waals surface area contributed by atoms with Crippen LogP contribution in [0.25, 0.3) is 0 Å². The number of hydrogen-bond acceptors (Lipinski definition) is 2. The normalized spacial score (nSPS) is 25.3. The number of carbonyl (C=O) groups excluding carboxylic acids is 1. The van der Waals surface area contributed by atoms with E-state index < -0.39 is 5.41 Å². The summed E-state index contributed by atoms with van der Waals surface area (Å²) in [5.74, 6) is 0.825. The van der Waals surface area contributed by atoms with E-state index in [1.807, 2.05) is 0 Å². The van der Waals surface area contributed by atoms with Crippen molar-refractivity contribution in [2.45, 2.75) is 17.9 Å². The quantitative estimate of drug-likeness (QED) is 0.660. The van der Waals surface area contributed by atoms with E-state index in [4.69, 9.17) is 0 Å². The second kappa shape index (κ2) is 6.85. The lowest BCUT2D eigenvalue weighted by molar-refractivity contribution is -0.120. The molecule has 3 aromatic rings. The number of fused-ring (bicyclic) bond motifs is 1. The highest BCUT2D eigenvalue weighted by atomic mass is 16.1. The summed E-state index contributed by atoms with van der Waals surface area (Å²) in [6.07, 6.45) is 0. The summed E-state index contributed by atoms with van der Waals surface area (Å²) in [6, 6.07) is 32.1. The highest BCUT2D eigenvalue weighted by Crippen LogP contribution is 2.66. The van der Waals surface area contributed by atoms with Crippen LogP contribution in [-0.2, 0) is 10.2 Å². The van der Waals surface area contributed by atoms with Crippen molar-refractivity contribution in [1.82, 2.24) is 10.6 Å². The number of hydrogen-bond donors (Lipinski definition) is 2. The Hall–Kier alpha value is -2.91. The van der Waals surface area contributed by atoms with Crippen LogP contribution in [0.2, 0.25) is 0 Å². The molecule has 1 saturated carbocycles. The lowest BCUT2D eigenvalue weighted by atomic mass is 9.61. The maximum Gasteiger partial charge on any atom is 0.217 e. The molecule has 5 rings (SSSR count). The molecule has 0 spiro atoms. The summed E-state index contributed by atoms with van der Waals surface area (Å²) >= 11 is 0. The molecule has 1 saturated heterocycles. The largest absolute Gasteiger partial charge is 0.349 e. The van der Waals surface area contributed by atoms with Gasteiger partial charge >= 0.3 is 0 Å². The zero-order chi connectivity index (χ0) is 19.9. The third kappa shape index (κ3) is 2.50. The highest BCUT2D eigenvalue weighted by Gasteiger charge is 2.76.